The maximum Gasteiger partial charge on any atom is 0.0244 e. The first kappa shape index (κ1) is 12.4. The standard InChI is InChI=1S/C14H28N2/c1-11-8-15-13(14(2,3)4)10-16(11)9-12-6-5-7-12/h11-13,15H,5-10H2,1-4H3. The lowest BCUT2D eigenvalue weighted by Crippen LogP contribution is -2.60. The minimum absolute atomic E-state index is 0.387. The van der Waals surface area contributed by atoms with Crippen molar-refractivity contribution >= 4 is 0 Å². The van der Waals surface area contributed by atoms with Crippen molar-refractivity contribution < 1.29 is 0 Å². The van der Waals surface area contributed by atoms with E-state index in [0.717, 1.165) is 18.5 Å². The second-order valence-corrected chi connectivity index (χ2v) is 6.93. The van der Waals surface area contributed by atoms with Gasteiger partial charge >= 0.3 is 0 Å². The van der Waals surface area contributed by atoms with Crippen molar-refractivity contribution in [2.45, 2.75) is 59.0 Å². The van der Waals surface area contributed by atoms with Crippen LogP contribution in [0.3, 0.4) is 0 Å². The molecule has 16 heavy (non-hydrogen) atoms. The van der Waals surface area contributed by atoms with Crippen LogP contribution in [0.5, 0.6) is 0 Å². The molecule has 0 spiro atoms. The van der Waals surface area contributed by atoms with Gasteiger partial charge in [-0.3, -0.25) is 4.90 Å². The normalized spacial score (nSPS) is 33.8. The summed E-state index contributed by atoms with van der Waals surface area (Å²) in [5.74, 6) is 1.00. The Hall–Kier alpha value is -0.0800. The molecule has 1 heterocycles. The second kappa shape index (κ2) is 4.66. The molecule has 2 rings (SSSR count). The molecule has 2 heteroatoms. The van der Waals surface area contributed by atoms with Crippen LogP contribution in [0.15, 0.2) is 0 Å². The van der Waals surface area contributed by atoms with E-state index >= 15 is 0 Å². The van der Waals surface area contributed by atoms with E-state index in [2.05, 4.69) is 37.9 Å². The van der Waals surface area contributed by atoms with E-state index in [1.807, 2.05) is 0 Å². The van der Waals surface area contributed by atoms with Crippen LogP contribution in [0.4, 0.5) is 0 Å². The van der Waals surface area contributed by atoms with Crippen LogP contribution in [-0.2, 0) is 0 Å². The van der Waals surface area contributed by atoms with E-state index in [4.69, 9.17) is 0 Å². The highest BCUT2D eigenvalue weighted by molar-refractivity contribution is 4.91. The molecule has 2 unspecified atom stereocenters. The van der Waals surface area contributed by atoms with Crippen LogP contribution in [0, 0.1) is 11.3 Å². The lowest BCUT2D eigenvalue weighted by atomic mass is 9.82. The molecule has 1 saturated carbocycles. The Labute approximate surface area is 101 Å². The summed E-state index contributed by atoms with van der Waals surface area (Å²) in [4.78, 5) is 2.72. The predicted octanol–water partition coefficient (Wildman–Crippen LogP) is 2.49. The third kappa shape index (κ3) is 2.78. The molecular weight excluding hydrogens is 196 g/mol. The van der Waals surface area contributed by atoms with E-state index in [0.29, 0.717) is 11.5 Å². The number of nitrogens with one attached hydrogen (secondary N) is 1. The Morgan fingerprint density at radius 3 is 2.44 bits per heavy atom. The molecule has 2 atom stereocenters. The summed E-state index contributed by atoms with van der Waals surface area (Å²) >= 11 is 0. The fourth-order valence-corrected chi connectivity index (χ4v) is 2.76. The zero-order valence-electron chi connectivity index (χ0n) is 11.4. The van der Waals surface area contributed by atoms with Crippen LogP contribution in [0.25, 0.3) is 0 Å². The molecule has 0 bridgehead atoms. The van der Waals surface area contributed by atoms with E-state index < -0.39 is 0 Å². The van der Waals surface area contributed by atoms with Gasteiger partial charge in [0, 0.05) is 31.7 Å². The van der Waals surface area contributed by atoms with Gasteiger partial charge in [-0.05, 0) is 31.1 Å². The predicted molar refractivity (Wildman–Crippen MR) is 69.6 cm³/mol. The fourth-order valence-electron chi connectivity index (χ4n) is 2.76. The average Bonchev–Trinajstić information content (AvgIpc) is 2.11. The molecule has 2 fully saturated rings. The molecule has 1 aliphatic carbocycles. The SMILES string of the molecule is CC1CNC(C(C)(C)C)CN1CC1CCC1. The summed E-state index contributed by atoms with van der Waals surface area (Å²) in [5.41, 5.74) is 0.387. The van der Waals surface area contributed by atoms with Gasteiger partial charge in [0.15, 0.2) is 0 Å². The van der Waals surface area contributed by atoms with Crippen LogP contribution < -0.4 is 5.32 Å². The summed E-state index contributed by atoms with van der Waals surface area (Å²) in [6.45, 7) is 13.2. The molecule has 0 aromatic heterocycles. The molecule has 0 aromatic carbocycles. The second-order valence-electron chi connectivity index (χ2n) is 6.93. The van der Waals surface area contributed by atoms with Crippen LogP contribution in [0.2, 0.25) is 0 Å². The number of rotatable bonds is 2. The molecule has 0 radical (unpaired) electrons. The number of piperazine rings is 1. The van der Waals surface area contributed by atoms with Crippen molar-refractivity contribution in [3.8, 4) is 0 Å². The van der Waals surface area contributed by atoms with Crippen molar-refractivity contribution in [3.63, 3.8) is 0 Å². The van der Waals surface area contributed by atoms with E-state index in [1.165, 1.54) is 32.4 Å². The topological polar surface area (TPSA) is 15.3 Å². The van der Waals surface area contributed by atoms with Gasteiger partial charge in [-0.15, -0.1) is 0 Å². The Balaban J connectivity index is 1.89. The van der Waals surface area contributed by atoms with Crippen molar-refractivity contribution in [1.82, 2.24) is 10.2 Å². The van der Waals surface area contributed by atoms with Gasteiger partial charge < -0.3 is 5.32 Å². The molecule has 1 aliphatic heterocycles. The summed E-state index contributed by atoms with van der Waals surface area (Å²) in [5, 5.41) is 3.71. The van der Waals surface area contributed by atoms with Crippen molar-refractivity contribution in [1.29, 1.82) is 0 Å². The molecule has 0 amide bonds. The first-order valence-corrected chi connectivity index (χ1v) is 6.94. The molecule has 1 N–H and O–H groups in total. The highest BCUT2D eigenvalue weighted by atomic mass is 15.2. The summed E-state index contributed by atoms with van der Waals surface area (Å²) in [6, 6.07) is 1.38. The maximum atomic E-state index is 3.71. The zero-order valence-corrected chi connectivity index (χ0v) is 11.4. The van der Waals surface area contributed by atoms with Crippen molar-refractivity contribution in [2.75, 3.05) is 19.6 Å². The first-order valence-electron chi connectivity index (χ1n) is 6.94. The van der Waals surface area contributed by atoms with Crippen LogP contribution in [0.1, 0.15) is 47.0 Å². The van der Waals surface area contributed by atoms with Crippen LogP contribution in [-0.4, -0.2) is 36.6 Å². The van der Waals surface area contributed by atoms with Gasteiger partial charge in [-0.2, -0.15) is 0 Å². The molecule has 1 saturated heterocycles. The summed E-state index contributed by atoms with van der Waals surface area (Å²) in [6.07, 6.45) is 4.40. The largest absolute Gasteiger partial charge is 0.311 e. The monoisotopic (exact) mass is 224 g/mol. The Morgan fingerprint density at radius 2 is 1.94 bits per heavy atom. The Morgan fingerprint density at radius 1 is 1.25 bits per heavy atom. The molecule has 94 valence electrons. The highest BCUT2D eigenvalue weighted by Crippen LogP contribution is 2.30. The molecule has 0 aromatic rings. The Kier molecular flexibility index (Phi) is 3.60. The van der Waals surface area contributed by atoms with E-state index in [-0.39, 0.29) is 0 Å². The number of hydrogen-bond acceptors (Lipinski definition) is 2. The van der Waals surface area contributed by atoms with E-state index in [1.54, 1.807) is 0 Å². The third-order valence-electron chi connectivity index (χ3n) is 4.46. The zero-order chi connectivity index (χ0) is 11.8. The lowest BCUT2D eigenvalue weighted by molar-refractivity contribution is 0.0656. The summed E-state index contributed by atoms with van der Waals surface area (Å²) in [7, 11) is 0. The van der Waals surface area contributed by atoms with Gasteiger partial charge in [-0.25, -0.2) is 0 Å². The third-order valence-corrected chi connectivity index (χ3v) is 4.46. The average molecular weight is 224 g/mol. The summed E-state index contributed by atoms with van der Waals surface area (Å²) < 4.78 is 0. The lowest BCUT2D eigenvalue weighted by Gasteiger charge is -2.46. The van der Waals surface area contributed by atoms with Crippen molar-refractivity contribution in [2.24, 2.45) is 11.3 Å². The van der Waals surface area contributed by atoms with Crippen molar-refractivity contribution in [3.05, 3.63) is 0 Å². The van der Waals surface area contributed by atoms with Gasteiger partial charge in [0.25, 0.3) is 0 Å². The first-order chi connectivity index (χ1) is 7.47. The fraction of sp³-hybridized carbons (Fsp3) is 1.00. The van der Waals surface area contributed by atoms with Gasteiger partial charge in [-0.1, -0.05) is 27.2 Å². The molecular formula is C14H28N2. The van der Waals surface area contributed by atoms with Crippen LogP contribution >= 0.6 is 0 Å². The minimum Gasteiger partial charge on any atom is -0.311 e. The van der Waals surface area contributed by atoms with Gasteiger partial charge in [0.2, 0.25) is 0 Å². The maximum absolute atomic E-state index is 3.71. The quantitative estimate of drug-likeness (QED) is 0.775. The van der Waals surface area contributed by atoms with Gasteiger partial charge in [0.05, 0.1) is 0 Å². The highest BCUT2D eigenvalue weighted by Gasteiger charge is 2.33. The minimum atomic E-state index is 0.387. The molecule has 2 nitrogen and oxygen atoms in total. The number of hydrogen-bond donors (Lipinski definition) is 1. The number of nitrogens with zero attached hydrogens (tertiary/aromatic N) is 1. The van der Waals surface area contributed by atoms with Gasteiger partial charge in [0.1, 0.15) is 0 Å². The smallest absolute Gasteiger partial charge is 0.0244 e. The van der Waals surface area contributed by atoms with E-state index in [9.17, 15) is 0 Å². The molecule has 2 aliphatic rings. The Bertz CT molecular complexity index is 227.